The Labute approximate surface area is 150 Å². The van der Waals surface area contributed by atoms with Crippen molar-refractivity contribution in [2.75, 3.05) is 44.6 Å². The lowest BCUT2D eigenvalue weighted by molar-refractivity contribution is 0.0572. The van der Waals surface area contributed by atoms with Gasteiger partial charge in [0.05, 0.1) is 12.2 Å². The van der Waals surface area contributed by atoms with Crippen molar-refractivity contribution in [1.29, 1.82) is 0 Å². The van der Waals surface area contributed by atoms with E-state index in [4.69, 9.17) is 9.47 Å². The molecule has 3 rings (SSSR count). The maximum Gasteiger partial charge on any atom is 0.321 e. The summed E-state index contributed by atoms with van der Waals surface area (Å²) in [5.74, 6) is 0.816. The monoisotopic (exact) mass is 347 g/mol. The van der Waals surface area contributed by atoms with Crippen LogP contribution < -0.4 is 10.1 Å². The fourth-order valence-corrected chi connectivity index (χ4v) is 3.30. The number of carbonyl (C=O) groups is 1. The zero-order valence-corrected chi connectivity index (χ0v) is 15.2. The van der Waals surface area contributed by atoms with Gasteiger partial charge in [-0.1, -0.05) is 0 Å². The molecule has 0 radical (unpaired) electrons. The number of nitrogens with one attached hydrogen (secondary N) is 1. The minimum absolute atomic E-state index is 0.0331. The number of piperazine rings is 1. The number of rotatable bonds is 5. The van der Waals surface area contributed by atoms with E-state index in [-0.39, 0.29) is 12.1 Å². The van der Waals surface area contributed by atoms with Crippen molar-refractivity contribution in [2.24, 2.45) is 0 Å². The number of nitrogens with zero attached hydrogens (tertiary/aromatic N) is 2. The molecule has 1 unspecified atom stereocenters. The first-order valence-corrected chi connectivity index (χ1v) is 9.27. The second-order valence-electron chi connectivity index (χ2n) is 7.04. The summed E-state index contributed by atoms with van der Waals surface area (Å²) in [5, 5.41) is 2.97. The third-order valence-electron chi connectivity index (χ3n) is 4.62. The second-order valence-corrected chi connectivity index (χ2v) is 7.04. The van der Waals surface area contributed by atoms with Gasteiger partial charge in [0.15, 0.2) is 0 Å². The molecule has 2 amide bonds. The van der Waals surface area contributed by atoms with Crippen molar-refractivity contribution in [3.05, 3.63) is 24.3 Å². The Bertz CT molecular complexity index is 548. The standard InChI is InChI=1S/C19H29N3O3/c1-15(2)25-17-7-5-16(6-8-17)20-19(23)22-11-9-21(10-12-22)14-18-4-3-13-24-18/h5-8,15,18H,3-4,9-14H2,1-2H3,(H,20,23). The predicted octanol–water partition coefficient (Wildman–Crippen LogP) is 2.80. The molecular formula is C19H29N3O3. The van der Waals surface area contributed by atoms with Crippen LogP contribution in [0.4, 0.5) is 10.5 Å². The molecular weight excluding hydrogens is 318 g/mol. The zero-order chi connectivity index (χ0) is 17.6. The summed E-state index contributed by atoms with van der Waals surface area (Å²) in [6, 6.07) is 7.49. The van der Waals surface area contributed by atoms with Gasteiger partial charge >= 0.3 is 6.03 Å². The predicted molar refractivity (Wildman–Crippen MR) is 98.2 cm³/mol. The van der Waals surface area contributed by atoms with Crippen molar-refractivity contribution in [3.63, 3.8) is 0 Å². The molecule has 1 N–H and O–H groups in total. The molecule has 6 heteroatoms. The van der Waals surface area contributed by atoms with E-state index >= 15 is 0 Å². The molecule has 0 aromatic heterocycles. The van der Waals surface area contributed by atoms with Crippen LogP contribution in [0, 0.1) is 0 Å². The Morgan fingerprint density at radius 2 is 1.96 bits per heavy atom. The van der Waals surface area contributed by atoms with E-state index in [0.29, 0.717) is 6.10 Å². The van der Waals surface area contributed by atoms with Crippen LogP contribution in [0.15, 0.2) is 24.3 Å². The summed E-state index contributed by atoms with van der Waals surface area (Å²) < 4.78 is 11.3. The molecule has 0 aliphatic carbocycles. The van der Waals surface area contributed by atoms with Crippen molar-refractivity contribution >= 4 is 11.7 Å². The maximum atomic E-state index is 12.4. The Balaban J connectivity index is 1.42. The van der Waals surface area contributed by atoms with Gasteiger partial charge in [-0.15, -0.1) is 0 Å². The highest BCUT2D eigenvalue weighted by molar-refractivity contribution is 5.89. The summed E-state index contributed by atoms with van der Waals surface area (Å²) in [5.41, 5.74) is 0.794. The average molecular weight is 347 g/mol. The van der Waals surface area contributed by atoms with Crippen molar-refractivity contribution in [1.82, 2.24) is 9.80 Å². The first kappa shape index (κ1) is 18.0. The Kier molecular flexibility index (Phi) is 6.15. The summed E-state index contributed by atoms with van der Waals surface area (Å²) >= 11 is 0. The largest absolute Gasteiger partial charge is 0.491 e. The molecule has 25 heavy (non-hydrogen) atoms. The smallest absolute Gasteiger partial charge is 0.321 e. The molecule has 2 fully saturated rings. The lowest BCUT2D eigenvalue weighted by Gasteiger charge is -2.35. The number of hydrogen-bond acceptors (Lipinski definition) is 4. The Morgan fingerprint density at radius 3 is 2.56 bits per heavy atom. The first-order valence-electron chi connectivity index (χ1n) is 9.27. The molecule has 6 nitrogen and oxygen atoms in total. The van der Waals surface area contributed by atoms with Crippen molar-refractivity contribution in [3.8, 4) is 5.75 Å². The van der Waals surface area contributed by atoms with Gasteiger partial charge in [-0.3, -0.25) is 4.90 Å². The van der Waals surface area contributed by atoms with Crippen LogP contribution in [0.3, 0.4) is 0 Å². The van der Waals surface area contributed by atoms with Gasteiger partial charge in [-0.25, -0.2) is 4.79 Å². The normalized spacial score (nSPS) is 21.6. The van der Waals surface area contributed by atoms with Gasteiger partial charge in [0.2, 0.25) is 0 Å². The molecule has 138 valence electrons. The minimum Gasteiger partial charge on any atom is -0.491 e. The van der Waals surface area contributed by atoms with Gasteiger partial charge in [0.25, 0.3) is 0 Å². The van der Waals surface area contributed by atoms with E-state index in [2.05, 4.69) is 10.2 Å². The molecule has 2 aliphatic rings. The molecule has 1 aromatic carbocycles. The van der Waals surface area contributed by atoms with Crippen LogP contribution >= 0.6 is 0 Å². The summed E-state index contributed by atoms with van der Waals surface area (Å²) in [7, 11) is 0. The van der Waals surface area contributed by atoms with Crippen LogP contribution in [0.25, 0.3) is 0 Å². The van der Waals surface area contributed by atoms with E-state index in [1.807, 2.05) is 43.0 Å². The number of hydrogen-bond donors (Lipinski definition) is 1. The fraction of sp³-hybridized carbons (Fsp3) is 0.632. The molecule has 1 aromatic rings. The van der Waals surface area contributed by atoms with Gasteiger partial charge in [-0.05, 0) is 51.0 Å². The molecule has 0 saturated carbocycles. The van der Waals surface area contributed by atoms with Crippen molar-refractivity contribution < 1.29 is 14.3 Å². The number of amides is 2. The Morgan fingerprint density at radius 1 is 1.24 bits per heavy atom. The fourth-order valence-electron chi connectivity index (χ4n) is 3.30. The average Bonchev–Trinajstić information content (AvgIpc) is 3.10. The lowest BCUT2D eigenvalue weighted by Crippen LogP contribution is -2.51. The van der Waals surface area contributed by atoms with E-state index in [1.165, 1.54) is 6.42 Å². The number of carbonyl (C=O) groups excluding carboxylic acids is 1. The number of urea groups is 1. The molecule has 2 aliphatic heterocycles. The maximum absolute atomic E-state index is 12.4. The second kappa shape index (κ2) is 8.54. The first-order chi connectivity index (χ1) is 12.1. The van der Waals surface area contributed by atoms with Crippen LogP contribution in [0.1, 0.15) is 26.7 Å². The van der Waals surface area contributed by atoms with Crippen LogP contribution in [0.2, 0.25) is 0 Å². The summed E-state index contributed by atoms with van der Waals surface area (Å²) in [4.78, 5) is 16.7. The highest BCUT2D eigenvalue weighted by atomic mass is 16.5. The quantitative estimate of drug-likeness (QED) is 0.890. The highest BCUT2D eigenvalue weighted by Crippen LogP contribution is 2.18. The minimum atomic E-state index is -0.0331. The van der Waals surface area contributed by atoms with Gasteiger partial charge in [0, 0.05) is 45.0 Å². The molecule has 2 saturated heterocycles. The van der Waals surface area contributed by atoms with Gasteiger partial charge < -0.3 is 19.7 Å². The SMILES string of the molecule is CC(C)Oc1ccc(NC(=O)N2CCN(CC3CCCO3)CC2)cc1. The van der Waals surface area contributed by atoms with Crippen LogP contribution in [0.5, 0.6) is 5.75 Å². The van der Waals surface area contributed by atoms with E-state index in [1.54, 1.807) is 0 Å². The molecule has 0 spiro atoms. The summed E-state index contributed by atoms with van der Waals surface area (Å²) in [6.45, 7) is 9.21. The molecule has 0 bridgehead atoms. The molecule has 1 atom stereocenters. The molecule has 2 heterocycles. The van der Waals surface area contributed by atoms with Crippen molar-refractivity contribution in [2.45, 2.75) is 38.9 Å². The lowest BCUT2D eigenvalue weighted by atomic mass is 10.2. The summed E-state index contributed by atoms with van der Waals surface area (Å²) in [6.07, 6.45) is 2.86. The highest BCUT2D eigenvalue weighted by Gasteiger charge is 2.24. The third-order valence-corrected chi connectivity index (χ3v) is 4.62. The number of benzene rings is 1. The van der Waals surface area contributed by atoms with Gasteiger partial charge in [0.1, 0.15) is 5.75 Å². The van der Waals surface area contributed by atoms with Crippen LogP contribution in [-0.4, -0.2) is 67.4 Å². The van der Waals surface area contributed by atoms with E-state index < -0.39 is 0 Å². The Hall–Kier alpha value is -1.79. The third kappa shape index (κ3) is 5.34. The van der Waals surface area contributed by atoms with E-state index in [0.717, 1.165) is 57.2 Å². The van der Waals surface area contributed by atoms with E-state index in [9.17, 15) is 4.79 Å². The number of anilines is 1. The van der Waals surface area contributed by atoms with Crippen LogP contribution in [-0.2, 0) is 4.74 Å². The topological polar surface area (TPSA) is 54.0 Å². The zero-order valence-electron chi connectivity index (χ0n) is 15.2. The van der Waals surface area contributed by atoms with Gasteiger partial charge in [-0.2, -0.15) is 0 Å². The number of ether oxygens (including phenoxy) is 2.